The van der Waals surface area contributed by atoms with Crippen molar-refractivity contribution in [3.05, 3.63) is 50.5 Å². The summed E-state index contributed by atoms with van der Waals surface area (Å²) in [5, 5.41) is 11.9. The smallest absolute Gasteiger partial charge is 0.134 e. The quantitative estimate of drug-likeness (QED) is 0.594. The normalized spacial score (nSPS) is 11.5. The number of hydrogen-bond donors (Lipinski definition) is 0. The molecule has 0 saturated heterocycles. The molecule has 0 aromatic carbocycles. The van der Waals surface area contributed by atoms with Crippen molar-refractivity contribution < 1.29 is 4.42 Å². The van der Waals surface area contributed by atoms with Crippen molar-refractivity contribution in [3.8, 4) is 16.6 Å². The first-order valence-corrected chi connectivity index (χ1v) is 8.12. The lowest BCUT2D eigenvalue weighted by molar-refractivity contribution is 0.557. The first-order valence-electron chi connectivity index (χ1n) is 5.63. The fraction of sp³-hybridized carbons (Fsp3) is 0. The molecule has 0 amide bonds. The van der Waals surface area contributed by atoms with Crippen LogP contribution in [-0.4, -0.2) is 4.98 Å². The molecule has 3 rings (SSSR count). The Bertz CT molecular complexity index is 793. The molecule has 0 atom stereocenters. The van der Waals surface area contributed by atoms with Crippen molar-refractivity contribution in [2.45, 2.75) is 0 Å². The van der Waals surface area contributed by atoms with Crippen LogP contribution in [0.4, 0.5) is 0 Å². The van der Waals surface area contributed by atoms with Gasteiger partial charge in [-0.2, -0.15) is 5.26 Å². The number of nitriles is 1. The Morgan fingerprint density at radius 2 is 2.30 bits per heavy atom. The van der Waals surface area contributed by atoms with E-state index in [9.17, 15) is 5.26 Å². The number of aromatic nitrogens is 1. The zero-order chi connectivity index (χ0) is 13.9. The van der Waals surface area contributed by atoms with Crippen molar-refractivity contribution in [1.82, 2.24) is 4.98 Å². The van der Waals surface area contributed by atoms with Crippen LogP contribution in [0.3, 0.4) is 0 Å². The van der Waals surface area contributed by atoms with Gasteiger partial charge in [0.05, 0.1) is 26.2 Å². The van der Waals surface area contributed by atoms with E-state index in [1.165, 1.54) is 11.3 Å². The van der Waals surface area contributed by atoms with Gasteiger partial charge in [0.2, 0.25) is 0 Å². The van der Waals surface area contributed by atoms with E-state index in [4.69, 9.17) is 4.42 Å². The molecule has 0 aliphatic rings. The molecule has 98 valence electrons. The fourth-order valence-corrected chi connectivity index (χ4v) is 3.83. The van der Waals surface area contributed by atoms with Crippen LogP contribution in [0.15, 0.2) is 44.1 Å². The Morgan fingerprint density at radius 3 is 2.95 bits per heavy atom. The van der Waals surface area contributed by atoms with Crippen LogP contribution in [0.5, 0.6) is 0 Å². The van der Waals surface area contributed by atoms with Gasteiger partial charge in [0.15, 0.2) is 0 Å². The van der Waals surface area contributed by atoms with Crippen molar-refractivity contribution >= 4 is 50.3 Å². The zero-order valence-electron chi connectivity index (χ0n) is 10.0. The zero-order valence-corrected chi connectivity index (χ0v) is 13.3. The fourth-order valence-electron chi connectivity index (χ4n) is 1.62. The highest BCUT2D eigenvalue weighted by Gasteiger charge is 2.11. The molecule has 3 nitrogen and oxygen atoms in total. The summed E-state index contributed by atoms with van der Waals surface area (Å²) < 4.78 is 6.29. The van der Waals surface area contributed by atoms with Crippen molar-refractivity contribution in [2.24, 2.45) is 0 Å². The summed E-state index contributed by atoms with van der Waals surface area (Å²) in [6, 6.07) is 9.77. The van der Waals surface area contributed by atoms with E-state index in [1.807, 2.05) is 23.6 Å². The molecule has 3 heterocycles. The Hall–Kier alpha value is -1.68. The monoisotopic (exact) mass is 362 g/mol. The van der Waals surface area contributed by atoms with Crippen LogP contribution >= 0.6 is 38.6 Å². The van der Waals surface area contributed by atoms with Gasteiger partial charge in [-0.15, -0.1) is 22.7 Å². The number of rotatable bonds is 3. The molecular weight excluding hydrogens is 356 g/mol. The van der Waals surface area contributed by atoms with Gasteiger partial charge < -0.3 is 4.42 Å². The number of furan rings is 1. The summed E-state index contributed by atoms with van der Waals surface area (Å²) in [7, 11) is 0. The molecule has 3 aromatic rings. The molecule has 0 saturated carbocycles. The average molecular weight is 363 g/mol. The molecule has 0 N–H and O–H groups in total. The van der Waals surface area contributed by atoms with E-state index < -0.39 is 0 Å². The summed E-state index contributed by atoms with van der Waals surface area (Å²) in [5.41, 5.74) is 1.40. The molecule has 0 bridgehead atoms. The Labute approximate surface area is 132 Å². The molecule has 0 fully saturated rings. The molecule has 0 aliphatic heterocycles. The van der Waals surface area contributed by atoms with Gasteiger partial charge in [-0.05, 0) is 40.2 Å². The van der Waals surface area contributed by atoms with Gasteiger partial charge in [0.25, 0.3) is 0 Å². The van der Waals surface area contributed by atoms with Gasteiger partial charge >= 0.3 is 0 Å². The molecule has 3 aromatic heterocycles. The molecule has 0 unspecified atom stereocenters. The van der Waals surface area contributed by atoms with Crippen molar-refractivity contribution in [3.63, 3.8) is 0 Å². The lowest BCUT2D eigenvalue weighted by atomic mass is 10.2. The van der Waals surface area contributed by atoms with E-state index in [2.05, 4.69) is 27.0 Å². The second kappa shape index (κ2) is 5.75. The third-order valence-corrected chi connectivity index (χ3v) is 5.03. The Kier molecular flexibility index (Phi) is 3.83. The minimum atomic E-state index is 0.506. The van der Waals surface area contributed by atoms with E-state index in [0.717, 1.165) is 14.4 Å². The standard InChI is InChI=1S/C14H7BrN2OS2/c15-13-4-3-12(20-13)11-8-19-14(17-11)9(7-16)6-10-2-1-5-18-10/h1-6,8H/b9-6+. The highest BCUT2D eigenvalue weighted by atomic mass is 79.9. The number of thiazole rings is 1. The lowest BCUT2D eigenvalue weighted by Gasteiger charge is -1.91. The maximum Gasteiger partial charge on any atom is 0.134 e. The average Bonchev–Trinajstić information content (AvgIpc) is 3.16. The van der Waals surface area contributed by atoms with Crippen LogP contribution in [-0.2, 0) is 0 Å². The van der Waals surface area contributed by atoms with Crippen LogP contribution in [0.1, 0.15) is 10.8 Å². The maximum absolute atomic E-state index is 9.26. The highest BCUT2D eigenvalue weighted by molar-refractivity contribution is 9.11. The first-order chi connectivity index (χ1) is 9.76. The van der Waals surface area contributed by atoms with Crippen molar-refractivity contribution in [2.75, 3.05) is 0 Å². The van der Waals surface area contributed by atoms with Crippen LogP contribution in [0, 0.1) is 11.3 Å². The summed E-state index contributed by atoms with van der Waals surface area (Å²) in [6.45, 7) is 0. The predicted molar refractivity (Wildman–Crippen MR) is 85.3 cm³/mol. The number of allylic oxidation sites excluding steroid dienone is 1. The topological polar surface area (TPSA) is 49.8 Å². The van der Waals surface area contributed by atoms with Gasteiger partial charge in [0, 0.05) is 11.5 Å². The van der Waals surface area contributed by atoms with Crippen LogP contribution in [0.25, 0.3) is 22.2 Å². The molecule has 0 spiro atoms. The third-order valence-electron chi connectivity index (χ3n) is 2.51. The summed E-state index contributed by atoms with van der Waals surface area (Å²) in [4.78, 5) is 5.60. The predicted octanol–water partition coefficient (Wildman–Crippen LogP) is 5.29. The summed E-state index contributed by atoms with van der Waals surface area (Å²) in [5.74, 6) is 0.650. The van der Waals surface area contributed by atoms with Gasteiger partial charge in [-0.1, -0.05) is 0 Å². The van der Waals surface area contributed by atoms with Gasteiger partial charge in [0.1, 0.15) is 16.8 Å². The number of thiophene rings is 1. The van der Waals surface area contributed by atoms with Gasteiger partial charge in [-0.25, -0.2) is 4.98 Å². The minimum Gasteiger partial charge on any atom is -0.465 e. The number of halogens is 1. The number of hydrogen-bond acceptors (Lipinski definition) is 5. The highest BCUT2D eigenvalue weighted by Crippen LogP contribution is 2.33. The van der Waals surface area contributed by atoms with E-state index in [0.29, 0.717) is 16.3 Å². The first kappa shape index (κ1) is 13.3. The molecular formula is C14H7BrN2OS2. The Balaban J connectivity index is 1.95. The second-order valence-corrected chi connectivity index (χ2v) is 7.15. The van der Waals surface area contributed by atoms with Crippen LogP contribution in [0.2, 0.25) is 0 Å². The molecule has 6 heteroatoms. The van der Waals surface area contributed by atoms with Gasteiger partial charge in [-0.3, -0.25) is 0 Å². The van der Waals surface area contributed by atoms with E-state index in [1.54, 1.807) is 29.7 Å². The third kappa shape index (κ3) is 2.75. The van der Waals surface area contributed by atoms with E-state index in [-0.39, 0.29) is 0 Å². The summed E-state index contributed by atoms with van der Waals surface area (Å²) >= 11 is 6.51. The maximum atomic E-state index is 9.26. The minimum absolute atomic E-state index is 0.506. The SMILES string of the molecule is N#C/C(=C\c1ccco1)c1nc(-c2ccc(Br)s2)cs1. The lowest BCUT2D eigenvalue weighted by Crippen LogP contribution is -1.80. The van der Waals surface area contributed by atoms with Crippen LogP contribution < -0.4 is 0 Å². The largest absolute Gasteiger partial charge is 0.465 e. The second-order valence-electron chi connectivity index (χ2n) is 3.83. The molecule has 0 radical (unpaired) electrons. The molecule has 20 heavy (non-hydrogen) atoms. The molecule has 0 aliphatic carbocycles. The summed E-state index contributed by atoms with van der Waals surface area (Å²) in [6.07, 6.45) is 3.28. The Morgan fingerprint density at radius 1 is 1.40 bits per heavy atom. The van der Waals surface area contributed by atoms with E-state index >= 15 is 0 Å². The number of nitrogens with zero attached hydrogens (tertiary/aromatic N) is 2. The van der Waals surface area contributed by atoms with Crippen molar-refractivity contribution in [1.29, 1.82) is 5.26 Å².